The van der Waals surface area contributed by atoms with Crippen molar-refractivity contribution in [1.29, 1.82) is 0 Å². The molecular formula is C28H22ClN3O4S2. The minimum absolute atomic E-state index is 0.234. The number of benzene rings is 3. The smallest absolute Gasteiger partial charge is 0.267 e. The van der Waals surface area contributed by atoms with E-state index >= 15 is 0 Å². The van der Waals surface area contributed by atoms with Crippen molar-refractivity contribution >= 4 is 74.6 Å². The number of fused-ring (bicyclic) bond motifs is 1. The Morgan fingerprint density at radius 1 is 0.974 bits per heavy atom. The summed E-state index contributed by atoms with van der Waals surface area (Å²) in [5, 5.41) is 3.14. The highest BCUT2D eigenvalue weighted by atomic mass is 35.5. The predicted molar refractivity (Wildman–Crippen MR) is 154 cm³/mol. The number of thioether (sulfide) groups is 1. The maximum Gasteiger partial charge on any atom is 0.267 e. The first kappa shape index (κ1) is 26.0. The third-order valence-electron chi connectivity index (χ3n) is 6.23. The van der Waals surface area contributed by atoms with Gasteiger partial charge >= 0.3 is 0 Å². The van der Waals surface area contributed by atoms with Crippen molar-refractivity contribution in [2.45, 2.75) is 6.42 Å². The number of carbonyl (C=O) groups is 3. The fourth-order valence-electron chi connectivity index (χ4n) is 4.33. The first-order valence-electron chi connectivity index (χ1n) is 11.7. The Kier molecular flexibility index (Phi) is 7.51. The Labute approximate surface area is 234 Å². The fraction of sp³-hybridized carbons (Fsp3) is 0.143. The molecule has 1 fully saturated rings. The summed E-state index contributed by atoms with van der Waals surface area (Å²) in [5.41, 5.74) is 2.90. The van der Waals surface area contributed by atoms with E-state index in [1.54, 1.807) is 55.6 Å². The maximum absolute atomic E-state index is 13.6. The van der Waals surface area contributed by atoms with Crippen LogP contribution >= 0.6 is 35.6 Å². The molecule has 0 aliphatic carbocycles. The third-order valence-corrected chi connectivity index (χ3v) is 8.01. The number of para-hydroxylation sites is 2. The van der Waals surface area contributed by atoms with Crippen molar-refractivity contribution in [3.63, 3.8) is 0 Å². The van der Waals surface area contributed by atoms with Crippen LogP contribution in [0.5, 0.6) is 5.75 Å². The molecule has 0 radical (unpaired) electrons. The molecule has 1 saturated heterocycles. The van der Waals surface area contributed by atoms with Crippen molar-refractivity contribution in [3.8, 4) is 5.75 Å². The molecule has 2 heterocycles. The van der Waals surface area contributed by atoms with Crippen LogP contribution in [-0.4, -0.2) is 47.1 Å². The highest BCUT2D eigenvalue weighted by molar-refractivity contribution is 8.26. The molecule has 1 N–H and O–H groups in total. The summed E-state index contributed by atoms with van der Waals surface area (Å²) in [4.78, 5) is 43.1. The Morgan fingerprint density at radius 2 is 1.68 bits per heavy atom. The Balaban J connectivity index is 1.37. The van der Waals surface area contributed by atoms with Gasteiger partial charge in [0.25, 0.3) is 11.8 Å². The SMILES string of the molecule is COc1ccc(CCN2C(=O)C(=C3C(=O)N(CC(=O)Nc4ccccc4Cl)c4ccccc43)SC2=S)cc1. The standard InChI is InChI=1S/C28H22ClN3O4S2/c1-36-18-12-10-17(11-13-18)14-15-31-27(35)25(38-28(31)37)24-19-6-2-5-9-22(19)32(26(24)34)16-23(33)30-21-8-4-3-7-20(21)29/h2-13H,14-16H2,1H3,(H,30,33). The van der Waals surface area contributed by atoms with E-state index in [1.807, 2.05) is 24.3 Å². The molecule has 0 aromatic heterocycles. The lowest BCUT2D eigenvalue weighted by atomic mass is 10.1. The first-order chi connectivity index (χ1) is 18.4. The van der Waals surface area contributed by atoms with E-state index in [9.17, 15) is 14.4 Å². The van der Waals surface area contributed by atoms with Gasteiger partial charge in [0.2, 0.25) is 5.91 Å². The van der Waals surface area contributed by atoms with Gasteiger partial charge in [0.05, 0.1) is 34.0 Å². The van der Waals surface area contributed by atoms with Crippen LogP contribution in [0.4, 0.5) is 11.4 Å². The lowest BCUT2D eigenvalue weighted by Crippen LogP contribution is -2.35. The normalized spacial score (nSPS) is 16.7. The number of halogens is 1. The topological polar surface area (TPSA) is 79.0 Å². The molecule has 2 aliphatic rings. The van der Waals surface area contributed by atoms with E-state index in [1.165, 1.54) is 9.80 Å². The van der Waals surface area contributed by atoms with Crippen LogP contribution < -0.4 is 15.0 Å². The number of hydrogen-bond acceptors (Lipinski definition) is 6. The summed E-state index contributed by atoms with van der Waals surface area (Å²) >= 11 is 12.8. The van der Waals surface area contributed by atoms with Crippen LogP contribution in [0.1, 0.15) is 11.1 Å². The number of anilines is 2. The number of nitrogens with one attached hydrogen (secondary N) is 1. The number of ether oxygens (including phenoxy) is 1. The molecule has 3 aromatic rings. The zero-order valence-electron chi connectivity index (χ0n) is 20.3. The molecule has 7 nitrogen and oxygen atoms in total. The number of amides is 3. The number of nitrogens with zero attached hydrogens (tertiary/aromatic N) is 2. The number of carbonyl (C=O) groups excluding carboxylic acids is 3. The average Bonchev–Trinajstić information content (AvgIpc) is 3.35. The summed E-state index contributed by atoms with van der Waals surface area (Å²) in [6.45, 7) is 0.149. The van der Waals surface area contributed by atoms with Crippen LogP contribution in [0.25, 0.3) is 5.57 Å². The molecular weight excluding hydrogens is 542 g/mol. The Bertz CT molecular complexity index is 1490. The average molecular weight is 564 g/mol. The van der Waals surface area contributed by atoms with E-state index in [0.29, 0.717) is 39.2 Å². The summed E-state index contributed by atoms with van der Waals surface area (Å²) in [6, 6.07) is 21.6. The van der Waals surface area contributed by atoms with E-state index in [2.05, 4.69) is 5.32 Å². The molecule has 2 aliphatic heterocycles. The van der Waals surface area contributed by atoms with Crippen LogP contribution in [0.15, 0.2) is 77.7 Å². The van der Waals surface area contributed by atoms with Crippen molar-refractivity contribution in [2.24, 2.45) is 0 Å². The van der Waals surface area contributed by atoms with Gasteiger partial charge in [0.15, 0.2) is 0 Å². The number of methoxy groups -OCH3 is 1. The highest BCUT2D eigenvalue weighted by Crippen LogP contribution is 2.44. The lowest BCUT2D eigenvalue weighted by molar-refractivity contribution is -0.122. The lowest BCUT2D eigenvalue weighted by Gasteiger charge is -2.17. The molecule has 5 rings (SSSR count). The highest BCUT2D eigenvalue weighted by Gasteiger charge is 2.42. The minimum atomic E-state index is -0.420. The second-order valence-electron chi connectivity index (χ2n) is 8.56. The van der Waals surface area contributed by atoms with E-state index in [4.69, 9.17) is 28.6 Å². The summed E-state index contributed by atoms with van der Waals surface area (Å²) in [5.74, 6) is -0.382. The van der Waals surface area contributed by atoms with Gasteiger partial charge in [0.1, 0.15) is 16.6 Å². The summed E-state index contributed by atoms with van der Waals surface area (Å²) < 4.78 is 5.59. The van der Waals surface area contributed by atoms with Crippen molar-refractivity contribution in [1.82, 2.24) is 4.90 Å². The van der Waals surface area contributed by atoms with Crippen LogP contribution in [-0.2, 0) is 20.8 Å². The van der Waals surface area contributed by atoms with Crippen molar-refractivity contribution in [3.05, 3.63) is 93.9 Å². The van der Waals surface area contributed by atoms with Crippen LogP contribution in [0.2, 0.25) is 5.02 Å². The largest absolute Gasteiger partial charge is 0.497 e. The molecule has 0 unspecified atom stereocenters. The van der Waals surface area contributed by atoms with Gasteiger partial charge < -0.3 is 10.1 Å². The van der Waals surface area contributed by atoms with Gasteiger partial charge in [-0.3, -0.25) is 24.2 Å². The quantitative estimate of drug-likeness (QED) is 0.316. The summed E-state index contributed by atoms with van der Waals surface area (Å²) in [6.07, 6.45) is 0.595. The Morgan fingerprint density at radius 3 is 2.42 bits per heavy atom. The molecule has 0 spiro atoms. The molecule has 38 heavy (non-hydrogen) atoms. The Hall–Kier alpha value is -3.66. The molecule has 0 atom stereocenters. The van der Waals surface area contributed by atoms with Crippen LogP contribution in [0, 0.1) is 0 Å². The van der Waals surface area contributed by atoms with Gasteiger partial charge in [-0.25, -0.2) is 0 Å². The maximum atomic E-state index is 13.6. The first-order valence-corrected chi connectivity index (χ1v) is 13.3. The van der Waals surface area contributed by atoms with Gasteiger partial charge in [0, 0.05) is 12.1 Å². The van der Waals surface area contributed by atoms with Gasteiger partial charge in [-0.15, -0.1) is 0 Å². The van der Waals surface area contributed by atoms with E-state index < -0.39 is 11.8 Å². The molecule has 10 heteroatoms. The fourth-order valence-corrected chi connectivity index (χ4v) is 5.89. The van der Waals surface area contributed by atoms with Gasteiger partial charge in [-0.2, -0.15) is 0 Å². The number of hydrogen-bond donors (Lipinski definition) is 1. The number of rotatable bonds is 7. The number of thiocarbonyl (C=S) groups is 1. The van der Waals surface area contributed by atoms with E-state index in [-0.39, 0.29) is 22.9 Å². The summed E-state index contributed by atoms with van der Waals surface area (Å²) in [7, 11) is 1.61. The zero-order chi connectivity index (χ0) is 26.8. The second kappa shape index (κ2) is 11.0. The van der Waals surface area contributed by atoms with Crippen molar-refractivity contribution < 1.29 is 19.1 Å². The molecule has 0 bridgehead atoms. The minimum Gasteiger partial charge on any atom is -0.497 e. The molecule has 0 saturated carbocycles. The molecule has 192 valence electrons. The van der Waals surface area contributed by atoms with Gasteiger partial charge in [-0.05, 0) is 42.3 Å². The third kappa shape index (κ3) is 5.05. The molecule has 3 amide bonds. The van der Waals surface area contributed by atoms with Gasteiger partial charge in [-0.1, -0.05) is 78.0 Å². The van der Waals surface area contributed by atoms with Crippen molar-refractivity contribution in [2.75, 3.05) is 30.4 Å². The second-order valence-corrected chi connectivity index (χ2v) is 10.6. The molecule has 3 aromatic carbocycles. The monoisotopic (exact) mass is 563 g/mol. The van der Waals surface area contributed by atoms with Crippen LogP contribution in [0.3, 0.4) is 0 Å². The zero-order valence-corrected chi connectivity index (χ0v) is 22.7. The predicted octanol–water partition coefficient (Wildman–Crippen LogP) is 5.15. The van der Waals surface area contributed by atoms with E-state index in [0.717, 1.165) is 23.1 Å².